The van der Waals surface area contributed by atoms with Crippen molar-refractivity contribution in [2.75, 3.05) is 13.2 Å². The van der Waals surface area contributed by atoms with Gasteiger partial charge in [-0.1, -0.05) is 13.0 Å². The van der Waals surface area contributed by atoms with E-state index in [2.05, 4.69) is 0 Å². The number of ether oxygens (including phenoxy) is 1. The summed E-state index contributed by atoms with van der Waals surface area (Å²) in [5.41, 5.74) is 5.87. The smallest absolute Gasteiger partial charge is 0.333 e. The van der Waals surface area contributed by atoms with Gasteiger partial charge in [0.25, 0.3) is 0 Å². The summed E-state index contributed by atoms with van der Waals surface area (Å²) < 4.78 is 4.80. The topological polar surface area (TPSA) is 52.3 Å². The number of hydrogen-bond acceptors (Lipinski definition) is 3. The fourth-order valence-electron chi connectivity index (χ4n) is 0.711. The molecule has 64 valence electrons. The Bertz CT molecular complexity index is 152. The van der Waals surface area contributed by atoms with Crippen molar-refractivity contribution in [1.29, 1.82) is 0 Å². The van der Waals surface area contributed by atoms with E-state index in [0.29, 0.717) is 25.1 Å². The van der Waals surface area contributed by atoms with Crippen molar-refractivity contribution in [3.63, 3.8) is 0 Å². The van der Waals surface area contributed by atoms with Crippen molar-refractivity contribution < 1.29 is 9.53 Å². The third-order valence-corrected chi connectivity index (χ3v) is 1.34. The molecule has 3 heteroatoms. The first-order valence-electron chi connectivity index (χ1n) is 3.78. The fraction of sp³-hybridized carbons (Fsp3) is 0.625. The van der Waals surface area contributed by atoms with Crippen LogP contribution >= 0.6 is 0 Å². The van der Waals surface area contributed by atoms with E-state index in [1.54, 1.807) is 6.08 Å². The molecule has 0 bridgehead atoms. The Morgan fingerprint density at radius 2 is 2.27 bits per heavy atom. The summed E-state index contributed by atoms with van der Waals surface area (Å²) in [6.45, 7) is 4.42. The lowest BCUT2D eigenvalue weighted by molar-refractivity contribution is -0.138. The Morgan fingerprint density at radius 1 is 1.64 bits per heavy atom. The molecule has 0 radical (unpaired) electrons. The molecule has 0 aromatic rings. The molecule has 2 N–H and O–H groups in total. The molecular formula is C8H15NO2. The zero-order chi connectivity index (χ0) is 8.69. The van der Waals surface area contributed by atoms with Gasteiger partial charge in [-0.2, -0.15) is 0 Å². The molecule has 11 heavy (non-hydrogen) atoms. The van der Waals surface area contributed by atoms with Crippen LogP contribution in [0.15, 0.2) is 11.6 Å². The molecule has 0 rings (SSSR count). The molecule has 0 aliphatic heterocycles. The van der Waals surface area contributed by atoms with Crippen LogP contribution in [0.2, 0.25) is 0 Å². The van der Waals surface area contributed by atoms with Crippen LogP contribution in [0.25, 0.3) is 0 Å². The van der Waals surface area contributed by atoms with Gasteiger partial charge in [0, 0.05) is 12.1 Å². The Balaban J connectivity index is 3.81. The van der Waals surface area contributed by atoms with Crippen LogP contribution in [-0.2, 0) is 9.53 Å². The van der Waals surface area contributed by atoms with Crippen molar-refractivity contribution in [1.82, 2.24) is 0 Å². The minimum atomic E-state index is -0.250. The van der Waals surface area contributed by atoms with Crippen LogP contribution in [0.4, 0.5) is 0 Å². The van der Waals surface area contributed by atoms with E-state index in [1.807, 2.05) is 13.8 Å². The van der Waals surface area contributed by atoms with Crippen LogP contribution < -0.4 is 5.73 Å². The summed E-state index contributed by atoms with van der Waals surface area (Å²) in [6.07, 6.45) is 2.47. The number of rotatable bonds is 4. The Kier molecular flexibility index (Phi) is 5.47. The normalized spacial score (nSPS) is 11.4. The standard InChI is InChI=1S/C8H15NO2/c1-3-7(4-2)8(10)11-6-5-9/h3H,4-6,9H2,1-2H3. The minimum absolute atomic E-state index is 0.250. The quantitative estimate of drug-likeness (QED) is 0.486. The van der Waals surface area contributed by atoms with E-state index >= 15 is 0 Å². The summed E-state index contributed by atoms with van der Waals surface area (Å²) >= 11 is 0. The predicted octanol–water partition coefficient (Wildman–Crippen LogP) is 0.845. The predicted molar refractivity (Wildman–Crippen MR) is 44.1 cm³/mol. The maximum atomic E-state index is 11.0. The van der Waals surface area contributed by atoms with Gasteiger partial charge in [-0.15, -0.1) is 0 Å². The Hall–Kier alpha value is -0.830. The summed E-state index contributed by atoms with van der Waals surface area (Å²) in [5.74, 6) is -0.250. The number of carbonyl (C=O) groups excluding carboxylic acids is 1. The van der Waals surface area contributed by atoms with Gasteiger partial charge >= 0.3 is 5.97 Å². The first-order chi connectivity index (χ1) is 5.26. The summed E-state index contributed by atoms with van der Waals surface area (Å²) in [7, 11) is 0. The maximum absolute atomic E-state index is 11.0. The molecule has 0 aromatic carbocycles. The van der Waals surface area contributed by atoms with Gasteiger partial charge in [0.05, 0.1) is 0 Å². The van der Waals surface area contributed by atoms with Gasteiger partial charge in [-0.05, 0) is 13.3 Å². The molecule has 0 saturated carbocycles. The molecule has 3 nitrogen and oxygen atoms in total. The highest BCUT2D eigenvalue weighted by molar-refractivity contribution is 5.88. The zero-order valence-electron chi connectivity index (χ0n) is 7.09. The van der Waals surface area contributed by atoms with Gasteiger partial charge < -0.3 is 10.5 Å². The van der Waals surface area contributed by atoms with E-state index in [4.69, 9.17) is 10.5 Å². The molecule has 0 unspecified atom stereocenters. The van der Waals surface area contributed by atoms with Crippen LogP contribution in [0.3, 0.4) is 0 Å². The van der Waals surface area contributed by atoms with Gasteiger partial charge in [0.1, 0.15) is 6.61 Å². The third-order valence-electron chi connectivity index (χ3n) is 1.34. The highest BCUT2D eigenvalue weighted by Gasteiger charge is 2.05. The van der Waals surface area contributed by atoms with E-state index in [0.717, 1.165) is 0 Å². The fourth-order valence-corrected chi connectivity index (χ4v) is 0.711. The van der Waals surface area contributed by atoms with Crippen molar-refractivity contribution >= 4 is 5.97 Å². The lowest BCUT2D eigenvalue weighted by atomic mass is 10.2. The van der Waals surface area contributed by atoms with Gasteiger partial charge in [0.2, 0.25) is 0 Å². The molecule has 0 aromatic heterocycles. The van der Waals surface area contributed by atoms with Crippen molar-refractivity contribution in [2.24, 2.45) is 5.73 Å². The molecule has 0 saturated heterocycles. The molecule has 0 spiro atoms. The van der Waals surface area contributed by atoms with Crippen LogP contribution in [0.1, 0.15) is 20.3 Å². The van der Waals surface area contributed by atoms with E-state index in [9.17, 15) is 4.79 Å². The number of hydrogen-bond donors (Lipinski definition) is 1. The van der Waals surface area contributed by atoms with Crippen LogP contribution in [0.5, 0.6) is 0 Å². The van der Waals surface area contributed by atoms with Crippen LogP contribution in [0, 0.1) is 0 Å². The second-order valence-electron chi connectivity index (χ2n) is 2.09. The zero-order valence-corrected chi connectivity index (χ0v) is 7.09. The van der Waals surface area contributed by atoms with E-state index in [-0.39, 0.29) is 5.97 Å². The Morgan fingerprint density at radius 3 is 2.64 bits per heavy atom. The summed E-state index contributed by atoms with van der Waals surface area (Å²) in [5, 5.41) is 0. The molecule has 0 aliphatic rings. The van der Waals surface area contributed by atoms with Gasteiger partial charge in [-0.3, -0.25) is 0 Å². The summed E-state index contributed by atoms with van der Waals surface area (Å²) in [4.78, 5) is 11.0. The lowest BCUT2D eigenvalue weighted by Crippen LogP contribution is -2.14. The largest absolute Gasteiger partial charge is 0.461 e. The molecular weight excluding hydrogens is 142 g/mol. The summed E-state index contributed by atoms with van der Waals surface area (Å²) in [6, 6.07) is 0. The lowest BCUT2D eigenvalue weighted by Gasteiger charge is -2.03. The minimum Gasteiger partial charge on any atom is -0.461 e. The Labute approximate surface area is 67.2 Å². The first-order valence-corrected chi connectivity index (χ1v) is 3.78. The SMILES string of the molecule is CC=C(CC)C(=O)OCCN. The number of nitrogens with two attached hydrogens (primary N) is 1. The average molecular weight is 157 g/mol. The maximum Gasteiger partial charge on any atom is 0.333 e. The second-order valence-corrected chi connectivity index (χ2v) is 2.09. The monoisotopic (exact) mass is 157 g/mol. The van der Waals surface area contributed by atoms with Gasteiger partial charge in [-0.25, -0.2) is 4.79 Å². The molecule has 0 amide bonds. The number of allylic oxidation sites excluding steroid dienone is 1. The van der Waals surface area contributed by atoms with Gasteiger partial charge in [0.15, 0.2) is 0 Å². The third kappa shape index (κ3) is 3.78. The first kappa shape index (κ1) is 10.2. The van der Waals surface area contributed by atoms with Crippen molar-refractivity contribution in [2.45, 2.75) is 20.3 Å². The average Bonchev–Trinajstić information content (AvgIpc) is 2.03. The molecule has 0 aliphatic carbocycles. The molecule has 0 fully saturated rings. The van der Waals surface area contributed by atoms with E-state index in [1.165, 1.54) is 0 Å². The van der Waals surface area contributed by atoms with Crippen molar-refractivity contribution in [3.05, 3.63) is 11.6 Å². The highest BCUT2D eigenvalue weighted by Crippen LogP contribution is 2.01. The number of carbonyl (C=O) groups is 1. The number of esters is 1. The van der Waals surface area contributed by atoms with E-state index < -0.39 is 0 Å². The molecule has 0 heterocycles. The highest BCUT2D eigenvalue weighted by atomic mass is 16.5. The second kappa shape index (κ2) is 5.92. The van der Waals surface area contributed by atoms with Crippen LogP contribution in [-0.4, -0.2) is 19.1 Å². The van der Waals surface area contributed by atoms with Crippen molar-refractivity contribution in [3.8, 4) is 0 Å². The molecule has 0 atom stereocenters.